The van der Waals surface area contributed by atoms with Gasteiger partial charge < -0.3 is 9.47 Å². The van der Waals surface area contributed by atoms with Gasteiger partial charge in [-0.2, -0.15) is 0 Å². The molecule has 0 atom stereocenters. The van der Waals surface area contributed by atoms with Crippen molar-refractivity contribution in [3.8, 4) is 5.75 Å². The Labute approximate surface area is 229 Å². The number of benzene rings is 3. The summed E-state index contributed by atoms with van der Waals surface area (Å²) < 4.78 is 14.3. The van der Waals surface area contributed by atoms with Crippen LogP contribution in [0.1, 0.15) is 16.7 Å². The lowest BCUT2D eigenvalue weighted by Gasteiger charge is -2.12. The van der Waals surface area contributed by atoms with Crippen molar-refractivity contribution in [2.24, 2.45) is 4.99 Å². The number of nitrogens with zero attached hydrogens (tertiary/aromatic N) is 2. The fourth-order valence-electron chi connectivity index (χ4n) is 2.98. The summed E-state index contributed by atoms with van der Waals surface area (Å²) in [7, 11) is 0. The molecule has 166 valence electrons. The number of carbonyl (C=O) groups excluding carboxylic acids is 1. The molecule has 0 aliphatic carbocycles. The quantitative estimate of drug-likeness (QED) is 0.0960. The van der Waals surface area contributed by atoms with Crippen LogP contribution in [0.25, 0.3) is 6.08 Å². The Morgan fingerprint density at radius 3 is 2.30 bits per heavy atom. The van der Waals surface area contributed by atoms with Crippen molar-refractivity contribution < 1.29 is 19.2 Å². The van der Waals surface area contributed by atoms with E-state index in [0.717, 1.165) is 27.6 Å². The zero-order chi connectivity index (χ0) is 23.5. The van der Waals surface area contributed by atoms with Crippen LogP contribution in [0.4, 0.5) is 5.69 Å². The highest BCUT2D eigenvalue weighted by Crippen LogP contribution is 2.31. The van der Waals surface area contributed by atoms with Crippen molar-refractivity contribution in [3.05, 3.63) is 104 Å². The van der Waals surface area contributed by atoms with E-state index in [4.69, 9.17) is 9.47 Å². The summed E-state index contributed by atoms with van der Waals surface area (Å²) in [5.41, 5.74) is 2.49. The van der Waals surface area contributed by atoms with Crippen LogP contribution in [0.2, 0.25) is 0 Å². The number of hydrogen-bond acceptors (Lipinski definition) is 6. The van der Waals surface area contributed by atoms with E-state index in [1.54, 1.807) is 6.08 Å². The van der Waals surface area contributed by atoms with Crippen molar-refractivity contribution in [1.82, 2.24) is 0 Å². The van der Waals surface area contributed by atoms with Crippen LogP contribution >= 0.6 is 67.8 Å². The van der Waals surface area contributed by atoms with Gasteiger partial charge in [0.15, 0.2) is 5.70 Å². The molecule has 7 nitrogen and oxygen atoms in total. The number of cyclic esters (lactones) is 1. The SMILES string of the molecule is O=C1OC(c2ccc([N+](=O)[O-])cc2)=N/C1=C\c1cc(I)c(OCc2ccccc2I)c(I)c1. The molecule has 4 rings (SSSR count). The molecule has 0 spiro atoms. The van der Waals surface area contributed by atoms with Gasteiger partial charge in [-0.05, 0) is 110 Å². The van der Waals surface area contributed by atoms with Crippen LogP contribution in [-0.2, 0) is 16.1 Å². The van der Waals surface area contributed by atoms with Crippen molar-refractivity contribution in [2.75, 3.05) is 0 Å². The third-order valence-corrected chi connectivity index (χ3v) is 7.25. The molecule has 1 heterocycles. The maximum absolute atomic E-state index is 12.3. The Kier molecular flexibility index (Phi) is 7.63. The van der Waals surface area contributed by atoms with Gasteiger partial charge in [0.1, 0.15) is 12.4 Å². The van der Waals surface area contributed by atoms with Gasteiger partial charge in [0.25, 0.3) is 5.69 Å². The van der Waals surface area contributed by atoms with Crippen LogP contribution < -0.4 is 4.74 Å². The van der Waals surface area contributed by atoms with E-state index in [2.05, 4.69) is 72.8 Å². The topological polar surface area (TPSA) is 91.0 Å². The number of non-ortho nitro benzene ring substituents is 1. The summed E-state index contributed by atoms with van der Waals surface area (Å²) in [6, 6.07) is 17.5. The minimum atomic E-state index is -0.577. The monoisotopic (exact) mass is 778 g/mol. The highest BCUT2D eigenvalue weighted by atomic mass is 127. The highest BCUT2D eigenvalue weighted by molar-refractivity contribution is 14.1. The van der Waals surface area contributed by atoms with Crippen LogP contribution in [0.15, 0.2) is 71.4 Å². The predicted octanol–water partition coefficient (Wildman–Crippen LogP) is 6.33. The normalized spacial score (nSPS) is 14.2. The first kappa shape index (κ1) is 24.1. The zero-order valence-electron chi connectivity index (χ0n) is 16.6. The second-order valence-electron chi connectivity index (χ2n) is 6.83. The fraction of sp³-hybridized carbons (Fsp3) is 0.0435. The van der Waals surface area contributed by atoms with Crippen molar-refractivity contribution in [3.63, 3.8) is 0 Å². The van der Waals surface area contributed by atoms with Gasteiger partial charge in [0.2, 0.25) is 5.90 Å². The standard InChI is InChI=1S/C23H13I3N2O5/c24-17-4-2-1-3-15(17)12-32-21-18(25)9-13(10-19(21)26)11-20-23(29)33-22(27-20)14-5-7-16(8-6-14)28(30)31/h1-11H,12H2/b20-11-. The summed E-state index contributed by atoms with van der Waals surface area (Å²) in [5.74, 6) is 0.317. The van der Waals surface area contributed by atoms with Gasteiger partial charge in [0.05, 0.1) is 12.1 Å². The van der Waals surface area contributed by atoms with E-state index < -0.39 is 10.9 Å². The molecule has 3 aromatic rings. The Morgan fingerprint density at radius 1 is 1.00 bits per heavy atom. The average molecular weight is 778 g/mol. The summed E-state index contributed by atoms with van der Waals surface area (Å²) in [5, 5.41) is 10.8. The Morgan fingerprint density at radius 2 is 1.67 bits per heavy atom. The molecule has 0 N–H and O–H groups in total. The lowest BCUT2D eigenvalue weighted by molar-refractivity contribution is -0.384. The maximum atomic E-state index is 12.3. The predicted molar refractivity (Wildman–Crippen MR) is 149 cm³/mol. The van der Waals surface area contributed by atoms with Crippen molar-refractivity contribution in [1.29, 1.82) is 0 Å². The first-order chi connectivity index (χ1) is 15.8. The second-order valence-corrected chi connectivity index (χ2v) is 10.3. The smallest absolute Gasteiger partial charge is 0.363 e. The number of esters is 1. The molecule has 33 heavy (non-hydrogen) atoms. The summed E-state index contributed by atoms with van der Waals surface area (Å²) in [6.45, 7) is 0.459. The van der Waals surface area contributed by atoms with Gasteiger partial charge in [-0.1, -0.05) is 18.2 Å². The highest BCUT2D eigenvalue weighted by Gasteiger charge is 2.25. The molecule has 1 aliphatic rings. The number of carbonyl (C=O) groups is 1. The van der Waals surface area contributed by atoms with Crippen LogP contribution in [0.5, 0.6) is 5.75 Å². The number of nitro benzene ring substituents is 1. The summed E-state index contributed by atoms with van der Waals surface area (Å²) in [4.78, 5) is 26.9. The van der Waals surface area contributed by atoms with Gasteiger partial charge in [0, 0.05) is 26.8 Å². The largest absolute Gasteiger partial charge is 0.487 e. The Bertz CT molecular complexity index is 1300. The molecular formula is C23H13I3N2O5. The maximum Gasteiger partial charge on any atom is 0.363 e. The number of hydrogen-bond donors (Lipinski definition) is 0. The number of nitro groups is 1. The molecule has 0 saturated heterocycles. The number of aliphatic imine (C=N–C) groups is 1. The molecule has 0 radical (unpaired) electrons. The Balaban J connectivity index is 1.55. The minimum absolute atomic E-state index is 0.0483. The van der Waals surface area contributed by atoms with Crippen molar-refractivity contribution >= 4 is 91.4 Å². The summed E-state index contributed by atoms with van der Waals surface area (Å²) in [6.07, 6.45) is 1.65. The van der Waals surface area contributed by atoms with E-state index in [0.29, 0.717) is 12.2 Å². The van der Waals surface area contributed by atoms with Gasteiger partial charge >= 0.3 is 5.97 Å². The van der Waals surface area contributed by atoms with Gasteiger partial charge in [-0.25, -0.2) is 9.79 Å². The molecule has 0 saturated carbocycles. The lowest BCUT2D eigenvalue weighted by atomic mass is 10.2. The minimum Gasteiger partial charge on any atom is -0.487 e. The van der Waals surface area contributed by atoms with Crippen LogP contribution in [0.3, 0.4) is 0 Å². The Hall–Kier alpha value is -2.07. The molecule has 3 aromatic carbocycles. The average Bonchev–Trinajstić information content (AvgIpc) is 3.14. The molecule has 0 bridgehead atoms. The van der Waals surface area contributed by atoms with Crippen molar-refractivity contribution in [2.45, 2.75) is 6.61 Å². The first-order valence-corrected chi connectivity index (χ1v) is 12.7. The second kappa shape index (κ2) is 10.5. The van der Waals surface area contributed by atoms with E-state index in [1.165, 1.54) is 24.3 Å². The van der Waals surface area contributed by atoms with Crippen LogP contribution in [0, 0.1) is 20.8 Å². The third-order valence-electron chi connectivity index (χ3n) is 4.60. The molecule has 0 aromatic heterocycles. The fourth-order valence-corrected chi connectivity index (χ4v) is 5.65. The van der Waals surface area contributed by atoms with E-state index in [9.17, 15) is 14.9 Å². The van der Waals surface area contributed by atoms with Gasteiger partial charge in [-0.3, -0.25) is 10.1 Å². The summed E-state index contributed by atoms with van der Waals surface area (Å²) >= 11 is 6.70. The third kappa shape index (κ3) is 5.71. The molecule has 0 fully saturated rings. The first-order valence-electron chi connectivity index (χ1n) is 9.44. The number of halogens is 3. The molecular weight excluding hydrogens is 765 g/mol. The van der Waals surface area contributed by atoms with E-state index in [-0.39, 0.29) is 17.3 Å². The number of ether oxygens (including phenoxy) is 2. The van der Waals surface area contributed by atoms with E-state index >= 15 is 0 Å². The molecule has 0 amide bonds. The molecule has 0 unspecified atom stereocenters. The van der Waals surface area contributed by atoms with Crippen LogP contribution in [-0.4, -0.2) is 16.8 Å². The van der Waals surface area contributed by atoms with Gasteiger partial charge in [-0.15, -0.1) is 0 Å². The zero-order valence-corrected chi connectivity index (χ0v) is 23.1. The molecule has 1 aliphatic heterocycles. The van der Waals surface area contributed by atoms with E-state index in [1.807, 2.05) is 36.4 Å². The number of rotatable bonds is 6. The molecule has 10 heteroatoms. The lowest BCUT2D eigenvalue weighted by Crippen LogP contribution is -2.05.